The van der Waals surface area contributed by atoms with Crippen molar-refractivity contribution >= 4 is 11.8 Å². The van der Waals surface area contributed by atoms with Crippen LogP contribution in [0.2, 0.25) is 0 Å². The van der Waals surface area contributed by atoms with Gasteiger partial charge in [0.25, 0.3) is 0 Å². The number of hydrogen-bond donors (Lipinski definition) is 1. The summed E-state index contributed by atoms with van der Waals surface area (Å²) < 4.78 is 10.6. The van der Waals surface area contributed by atoms with E-state index in [2.05, 4.69) is 0 Å². The van der Waals surface area contributed by atoms with Crippen LogP contribution in [0, 0.1) is 12.3 Å². The summed E-state index contributed by atoms with van der Waals surface area (Å²) in [4.78, 5) is 24.4. The molecular weight excluding hydrogens is 308 g/mol. The number of carbonyl (C=O) groups excluding carboxylic acids is 2. The second-order valence-electron chi connectivity index (χ2n) is 7.43. The van der Waals surface area contributed by atoms with Crippen molar-refractivity contribution in [1.29, 1.82) is 0 Å². The Bertz CT molecular complexity index is 766. The van der Waals surface area contributed by atoms with Gasteiger partial charge < -0.3 is 14.6 Å². The molecule has 24 heavy (non-hydrogen) atoms. The van der Waals surface area contributed by atoms with Crippen LogP contribution in [0.15, 0.2) is 0 Å². The molecule has 1 aliphatic heterocycles. The lowest BCUT2D eigenvalue weighted by Gasteiger charge is -2.38. The van der Waals surface area contributed by atoms with Crippen LogP contribution in [0.25, 0.3) is 0 Å². The number of phenols is 1. The van der Waals surface area contributed by atoms with E-state index in [1.165, 1.54) is 7.11 Å². The van der Waals surface area contributed by atoms with Gasteiger partial charge in [0.1, 0.15) is 18.3 Å². The average molecular weight is 330 g/mol. The first-order valence-electron chi connectivity index (χ1n) is 8.52. The van der Waals surface area contributed by atoms with Crippen molar-refractivity contribution in [2.75, 3.05) is 13.7 Å². The van der Waals surface area contributed by atoms with Crippen LogP contribution < -0.4 is 4.74 Å². The maximum absolute atomic E-state index is 12.4. The van der Waals surface area contributed by atoms with Gasteiger partial charge in [-0.25, -0.2) is 0 Å². The Balaban J connectivity index is 1.92. The van der Waals surface area contributed by atoms with Gasteiger partial charge in [0.15, 0.2) is 11.5 Å². The van der Waals surface area contributed by atoms with Crippen LogP contribution in [0.1, 0.15) is 60.3 Å². The summed E-state index contributed by atoms with van der Waals surface area (Å²) in [5, 5.41) is 10.9. The summed E-state index contributed by atoms with van der Waals surface area (Å²) in [6.45, 7) is 4.21. The Morgan fingerprint density at radius 1 is 1.33 bits per heavy atom. The summed E-state index contributed by atoms with van der Waals surface area (Å²) in [5.74, 6) is 0.0445. The minimum atomic E-state index is -0.486. The monoisotopic (exact) mass is 330 g/mol. The van der Waals surface area contributed by atoms with Crippen molar-refractivity contribution in [2.24, 2.45) is 5.41 Å². The third kappa shape index (κ3) is 1.75. The largest absolute Gasteiger partial charge is 0.504 e. The molecule has 1 fully saturated rings. The second-order valence-corrected chi connectivity index (χ2v) is 7.43. The molecule has 3 unspecified atom stereocenters. The highest BCUT2D eigenvalue weighted by Gasteiger charge is 2.52. The second kappa shape index (κ2) is 4.98. The van der Waals surface area contributed by atoms with Crippen LogP contribution in [-0.4, -0.2) is 30.6 Å². The Morgan fingerprint density at radius 2 is 2.08 bits per heavy atom. The molecule has 3 aliphatic rings. The topological polar surface area (TPSA) is 72.8 Å². The van der Waals surface area contributed by atoms with E-state index in [9.17, 15) is 14.7 Å². The van der Waals surface area contributed by atoms with Gasteiger partial charge in [0.2, 0.25) is 0 Å². The van der Waals surface area contributed by atoms with Crippen molar-refractivity contribution in [3.63, 3.8) is 0 Å². The summed E-state index contributed by atoms with van der Waals surface area (Å²) in [5.41, 5.74) is 3.34. The molecule has 4 rings (SSSR count). The average Bonchev–Trinajstić information content (AvgIpc) is 3.14. The number of hydrogen-bond acceptors (Lipinski definition) is 5. The first-order valence-corrected chi connectivity index (χ1v) is 8.52. The minimum Gasteiger partial charge on any atom is -0.504 e. The van der Waals surface area contributed by atoms with Gasteiger partial charge >= 0.3 is 5.97 Å². The lowest BCUT2D eigenvalue weighted by Crippen LogP contribution is -2.33. The third-order valence-electron chi connectivity index (χ3n) is 6.43. The quantitative estimate of drug-likeness (QED) is 0.802. The van der Waals surface area contributed by atoms with Gasteiger partial charge in [0.05, 0.1) is 7.11 Å². The molecule has 1 aromatic carbocycles. The van der Waals surface area contributed by atoms with Crippen molar-refractivity contribution in [1.82, 2.24) is 0 Å². The maximum atomic E-state index is 12.4. The van der Waals surface area contributed by atoms with E-state index in [0.717, 1.165) is 41.5 Å². The molecule has 128 valence electrons. The van der Waals surface area contributed by atoms with Gasteiger partial charge in [-0.3, -0.25) is 9.59 Å². The lowest BCUT2D eigenvalue weighted by molar-refractivity contribution is -0.142. The predicted molar refractivity (Wildman–Crippen MR) is 86.5 cm³/mol. The SMILES string of the molecule is COC(=O)C1COc2c(O)c3c(c(C)c21)CCC1(C)C(=O)CCC31. The molecule has 0 amide bonds. The number of Topliss-reactive ketones (excluding diaryl/α,β-unsaturated/α-hetero) is 1. The molecule has 0 saturated heterocycles. The van der Waals surface area contributed by atoms with Gasteiger partial charge in [-0.05, 0) is 37.3 Å². The maximum Gasteiger partial charge on any atom is 0.316 e. The summed E-state index contributed by atoms with van der Waals surface area (Å²) in [6.07, 6.45) is 2.89. The zero-order valence-corrected chi connectivity index (χ0v) is 14.3. The molecule has 0 spiro atoms. The number of esters is 1. The fourth-order valence-electron chi connectivity index (χ4n) is 5.00. The number of aromatic hydroxyl groups is 1. The summed E-state index contributed by atoms with van der Waals surface area (Å²) in [7, 11) is 1.36. The van der Waals surface area contributed by atoms with Crippen LogP contribution in [-0.2, 0) is 20.7 Å². The molecule has 2 aliphatic carbocycles. The molecule has 5 nitrogen and oxygen atoms in total. The Kier molecular flexibility index (Phi) is 3.21. The highest BCUT2D eigenvalue weighted by molar-refractivity contribution is 5.89. The first-order chi connectivity index (χ1) is 11.4. The highest BCUT2D eigenvalue weighted by Crippen LogP contribution is 2.59. The normalized spacial score (nSPS) is 30.4. The van der Waals surface area contributed by atoms with E-state index >= 15 is 0 Å². The van der Waals surface area contributed by atoms with E-state index in [-0.39, 0.29) is 29.7 Å². The third-order valence-corrected chi connectivity index (χ3v) is 6.43. The van der Waals surface area contributed by atoms with Gasteiger partial charge in [-0.1, -0.05) is 6.92 Å². The molecule has 1 aromatic rings. The van der Waals surface area contributed by atoms with E-state index in [1.54, 1.807) is 0 Å². The van der Waals surface area contributed by atoms with Crippen LogP contribution >= 0.6 is 0 Å². The van der Waals surface area contributed by atoms with Gasteiger partial charge in [-0.2, -0.15) is 0 Å². The molecule has 0 bridgehead atoms. The van der Waals surface area contributed by atoms with E-state index < -0.39 is 5.92 Å². The lowest BCUT2D eigenvalue weighted by atomic mass is 9.65. The Morgan fingerprint density at radius 3 is 2.79 bits per heavy atom. The predicted octanol–water partition coefficient (Wildman–Crippen LogP) is 2.75. The Hall–Kier alpha value is -2.04. The molecular formula is C19H22O5. The summed E-state index contributed by atoms with van der Waals surface area (Å²) >= 11 is 0. The number of phenolic OH excluding ortho intramolecular Hbond substituents is 1. The fourth-order valence-corrected chi connectivity index (χ4v) is 5.00. The van der Waals surface area contributed by atoms with E-state index in [0.29, 0.717) is 18.0 Å². The minimum absolute atomic E-state index is 0.0403. The molecule has 3 atom stereocenters. The molecule has 1 saturated carbocycles. The number of carbonyl (C=O) groups is 2. The molecule has 0 aromatic heterocycles. The van der Waals surface area contributed by atoms with Crippen molar-refractivity contribution in [2.45, 2.75) is 51.4 Å². The van der Waals surface area contributed by atoms with Crippen LogP contribution in [0.3, 0.4) is 0 Å². The van der Waals surface area contributed by atoms with E-state index in [1.807, 2.05) is 13.8 Å². The van der Waals surface area contributed by atoms with Crippen molar-refractivity contribution in [3.8, 4) is 11.5 Å². The molecule has 5 heteroatoms. The van der Waals surface area contributed by atoms with Crippen LogP contribution in [0.5, 0.6) is 11.5 Å². The number of methoxy groups -OCH3 is 1. The van der Waals surface area contributed by atoms with Gasteiger partial charge in [-0.15, -0.1) is 0 Å². The van der Waals surface area contributed by atoms with Crippen LogP contribution in [0.4, 0.5) is 0 Å². The highest BCUT2D eigenvalue weighted by atomic mass is 16.5. The number of benzene rings is 1. The molecule has 1 heterocycles. The standard InChI is InChI=1S/C19H22O5/c1-9-10-6-7-19(2)12(4-5-13(19)20)15(10)16(21)17-14(9)11(8-24-17)18(22)23-3/h11-12,21H,4-8H2,1-3H3. The number of ether oxygens (including phenoxy) is 2. The zero-order chi connectivity index (χ0) is 17.2. The van der Waals surface area contributed by atoms with E-state index in [4.69, 9.17) is 9.47 Å². The Labute approximate surface area is 141 Å². The van der Waals surface area contributed by atoms with Gasteiger partial charge in [0, 0.05) is 28.9 Å². The zero-order valence-electron chi connectivity index (χ0n) is 14.3. The summed E-state index contributed by atoms with van der Waals surface area (Å²) in [6, 6.07) is 0. The molecule has 0 radical (unpaired) electrons. The first kappa shape index (κ1) is 15.5. The fraction of sp³-hybridized carbons (Fsp3) is 0.579. The smallest absolute Gasteiger partial charge is 0.316 e. The number of ketones is 1. The van der Waals surface area contributed by atoms with Crippen molar-refractivity contribution in [3.05, 3.63) is 22.3 Å². The number of fused-ring (bicyclic) bond motifs is 4. The van der Waals surface area contributed by atoms with Crippen molar-refractivity contribution < 1.29 is 24.2 Å². The molecule has 1 N–H and O–H groups in total. The number of rotatable bonds is 1.